The van der Waals surface area contributed by atoms with Crippen LogP contribution < -0.4 is 0 Å². The molecule has 0 aliphatic carbocycles. The van der Waals surface area contributed by atoms with Crippen LogP contribution in [-0.4, -0.2) is 25.5 Å². The number of carbonyl (C=O) groups is 1. The Morgan fingerprint density at radius 1 is 1.41 bits per heavy atom. The fourth-order valence-electron chi connectivity index (χ4n) is 1.12. The molecule has 1 N–H and O–H groups in total. The predicted octanol–water partition coefficient (Wildman–Crippen LogP) is 2.08. The van der Waals surface area contributed by atoms with E-state index in [1.165, 1.54) is 0 Å². The predicted molar refractivity (Wildman–Crippen MR) is 58.6 cm³/mol. The van der Waals surface area contributed by atoms with Crippen molar-refractivity contribution in [2.45, 2.75) is 9.59 Å². The average molecular weight is 277 g/mol. The first-order valence-corrected chi connectivity index (χ1v) is 6.28. The van der Waals surface area contributed by atoms with Gasteiger partial charge < -0.3 is 5.11 Å². The fraction of sp³-hybridized carbons (Fsp3) is 0.111. The second kappa shape index (κ2) is 4.11. The molecule has 0 aliphatic rings. The molecule has 0 amide bonds. The van der Waals surface area contributed by atoms with Gasteiger partial charge in [0.2, 0.25) is 0 Å². The van der Waals surface area contributed by atoms with Gasteiger partial charge in [0.1, 0.15) is 0 Å². The molecule has 1 heterocycles. The number of hydrogen-bond acceptors (Lipinski definition) is 4. The number of thiazole rings is 1. The lowest BCUT2D eigenvalue weighted by Gasteiger charge is -2.07. The number of halogens is 2. The maximum absolute atomic E-state index is 13.0. The highest BCUT2D eigenvalue weighted by atomic mass is 32.2. The third kappa shape index (κ3) is 2.05. The largest absolute Gasteiger partial charge is 0.476 e. The highest BCUT2D eigenvalue weighted by molar-refractivity contribution is 7.89. The maximum Gasteiger partial charge on any atom is 0.422 e. The number of carboxylic acids is 1. The number of rotatable bonds is 3. The van der Waals surface area contributed by atoms with Gasteiger partial charge in [0.25, 0.3) is 0 Å². The molecule has 90 valence electrons. The standard InChI is InChI=1S/C9H5F2NO3S2/c10-9(11,7(13)14)17(15)8-12-5-3-1-2-4-6(5)16-8/h1-4H,(H,13,14). The van der Waals surface area contributed by atoms with Crippen LogP contribution in [0.2, 0.25) is 0 Å². The van der Waals surface area contributed by atoms with Gasteiger partial charge in [-0.05, 0) is 12.1 Å². The summed E-state index contributed by atoms with van der Waals surface area (Å²) in [6.45, 7) is 0. The molecule has 1 atom stereocenters. The summed E-state index contributed by atoms with van der Waals surface area (Å²) in [7, 11) is -2.98. The first-order valence-electron chi connectivity index (χ1n) is 4.31. The highest BCUT2D eigenvalue weighted by Crippen LogP contribution is 2.31. The summed E-state index contributed by atoms with van der Waals surface area (Å²) in [6, 6.07) is 6.55. The normalized spacial score (nSPS) is 13.8. The SMILES string of the molecule is O=C(O)C(F)(F)S(=O)c1nc2ccccc2s1. The van der Waals surface area contributed by atoms with Gasteiger partial charge >= 0.3 is 11.2 Å². The Morgan fingerprint density at radius 2 is 2.06 bits per heavy atom. The lowest BCUT2D eigenvalue weighted by molar-refractivity contribution is -0.153. The molecule has 0 saturated carbocycles. The van der Waals surface area contributed by atoms with E-state index in [9.17, 15) is 17.8 Å². The molecule has 1 unspecified atom stereocenters. The number of alkyl halides is 2. The van der Waals surface area contributed by atoms with E-state index in [2.05, 4.69) is 4.98 Å². The molecule has 2 aromatic rings. The van der Waals surface area contributed by atoms with Crippen LogP contribution in [0.3, 0.4) is 0 Å². The van der Waals surface area contributed by atoms with Crippen LogP contribution in [0.1, 0.15) is 0 Å². The minimum Gasteiger partial charge on any atom is -0.476 e. The highest BCUT2D eigenvalue weighted by Gasteiger charge is 2.48. The number of benzene rings is 1. The van der Waals surface area contributed by atoms with E-state index in [0.717, 1.165) is 11.3 Å². The zero-order valence-electron chi connectivity index (χ0n) is 8.09. The van der Waals surface area contributed by atoms with Gasteiger partial charge in [-0.25, -0.2) is 14.0 Å². The summed E-state index contributed by atoms with van der Waals surface area (Å²) >= 11 is 0.795. The summed E-state index contributed by atoms with van der Waals surface area (Å²) < 4.78 is 37.6. The lowest BCUT2D eigenvalue weighted by Crippen LogP contribution is -2.33. The smallest absolute Gasteiger partial charge is 0.422 e. The summed E-state index contributed by atoms with van der Waals surface area (Å²) in [4.78, 5) is 14.0. The van der Waals surface area contributed by atoms with Crippen LogP contribution in [0.4, 0.5) is 8.78 Å². The van der Waals surface area contributed by atoms with Gasteiger partial charge in [-0.15, -0.1) is 11.3 Å². The van der Waals surface area contributed by atoms with E-state index in [1.807, 2.05) is 0 Å². The zero-order valence-corrected chi connectivity index (χ0v) is 9.73. The minimum atomic E-state index is -4.33. The van der Waals surface area contributed by atoms with Crippen LogP contribution in [-0.2, 0) is 15.6 Å². The average Bonchev–Trinajstić information content (AvgIpc) is 2.70. The summed E-state index contributed by atoms with van der Waals surface area (Å²) in [6.07, 6.45) is 0. The minimum absolute atomic E-state index is 0.390. The van der Waals surface area contributed by atoms with E-state index in [1.54, 1.807) is 24.3 Å². The molecule has 4 nitrogen and oxygen atoms in total. The molecule has 0 spiro atoms. The summed E-state index contributed by atoms with van der Waals surface area (Å²) in [5.41, 5.74) is 0.419. The second-order valence-electron chi connectivity index (χ2n) is 3.04. The molecule has 0 saturated heterocycles. The molecule has 0 fully saturated rings. The van der Waals surface area contributed by atoms with Crippen molar-refractivity contribution in [2.24, 2.45) is 0 Å². The number of para-hydroxylation sites is 1. The molecule has 1 aromatic heterocycles. The molecule has 0 bridgehead atoms. The zero-order chi connectivity index (χ0) is 12.6. The van der Waals surface area contributed by atoms with Crippen LogP contribution >= 0.6 is 11.3 Å². The Labute approximate surface area is 100 Å². The van der Waals surface area contributed by atoms with Gasteiger partial charge in [-0.2, -0.15) is 8.78 Å². The quantitative estimate of drug-likeness (QED) is 0.932. The summed E-state index contributed by atoms with van der Waals surface area (Å²) in [5, 5.41) is 3.96. The van der Waals surface area contributed by atoms with Gasteiger partial charge in [0, 0.05) is 0 Å². The molecule has 2 rings (SSSR count). The third-order valence-corrected chi connectivity index (χ3v) is 4.50. The Balaban J connectivity index is 2.47. The van der Waals surface area contributed by atoms with E-state index in [0.29, 0.717) is 10.2 Å². The fourth-order valence-corrected chi connectivity index (χ4v) is 3.26. The second-order valence-corrected chi connectivity index (χ2v) is 5.76. The molecule has 8 heteroatoms. The van der Waals surface area contributed by atoms with Crippen molar-refractivity contribution in [1.82, 2.24) is 4.98 Å². The van der Waals surface area contributed by atoms with Crippen molar-refractivity contribution >= 4 is 38.3 Å². The van der Waals surface area contributed by atoms with Gasteiger partial charge in [-0.1, -0.05) is 12.1 Å². The first-order chi connectivity index (χ1) is 7.93. The van der Waals surface area contributed by atoms with Crippen LogP contribution in [0.5, 0.6) is 0 Å². The number of carboxylic acid groups (broad SMARTS) is 1. The van der Waals surface area contributed by atoms with Gasteiger partial charge in [0.15, 0.2) is 15.1 Å². The van der Waals surface area contributed by atoms with E-state index < -0.39 is 26.4 Å². The van der Waals surface area contributed by atoms with Crippen molar-refractivity contribution in [3.8, 4) is 0 Å². The summed E-state index contributed by atoms with van der Waals surface area (Å²) in [5.74, 6) is -2.42. The molecule has 0 radical (unpaired) electrons. The van der Waals surface area contributed by atoms with Crippen molar-refractivity contribution < 1.29 is 22.9 Å². The number of nitrogens with zero attached hydrogens (tertiary/aromatic N) is 1. The van der Waals surface area contributed by atoms with Crippen LogP contribution in [0.25, 0.3) is 10.2 Å². The van der Waals surface area contributed by atoms with Crippen LogP contribution in [0.15, 0.2) is 28.6 Å². The van der Waals surface area contributed by atoms with E-state index in [4.69, 9.17) is 5.11 Å². The molecule has 0 aliphatic heterocycles. The Morgan fingerprint density at radius 3 is 2.65 bits per heavy atom. The molecule has 1 aromatic carbocycles. The number of aromatic nitrogens is 1. The molecule has 17 heavy (non-hydrogen) atoms. The monoisotopic (exact) mass is 277 g/mol. The number of hydrogen-bond donors (Lipinski definition) is 1. The lowest BCUT2D eigenvalue weighted by atomic mass is 10.3. The Kier molecular flexibility index (Phi) is 2.92. The van der Waals surface area contributed by atoms with Crippen molar-refractivity contribution in [2.75, 3.05) is 0 Å². The topological polar surface area (TPSA) is 67.3 Å². The van der Waals surface area contributed by atoms with E-state index in [-0.39, 0.29) is 0 Å². The van der Waals surface area contributed by atoms with Gasteiger partial charge in [0.05, 0.1) is 10.2 Å². The third-order valence-electron chi connectivity index (χ3n) is 1.91. The van der Waals surface area contributed by atoms with Crippen molar-refractivity contribution in [1.29, 1.82) is 0 Å². The molecular weight excluding hydrogens is 272 g/mol. The first kappa shape index (κ1) is 12.1. The Bertz CT molecular complexity index is 578. The van der Waals surface area contributed by atoms with Gasteiger partial charge in [-0.3, -0.25) is 0 Å². The van der Waals surface area contributed by atoms with Crippen molar-refractivity contribution in [3.05, 3.63) is 24.3 Å². The number of aliphatic carboxylic acids is 1. The number of fused-ring (bicyclic) bond motifs is 1. The van der Waals surface area contributed by atoms with Crippen LogP contribution in [0, 0.1) is 0 Å². The maximum atomic E-state index is 13.0. The Hall–Kier alpha value is -1.41. The molecular formula is C9H5F2NO3S2. The van der Waals surface area contributed by atoms with E-state index >= 15 is 0 Å². The van der Waals surface area contributed by atoms with Crippen molar-refractivity contribution in [3.63, 3.8) is 0 Å².